The third-order valence-corrected chi connectivity index (χ3v) is 7.48. The number of benzene rings is 3. The van der Waals surface area contributed by atoms with Crippen molar-refractivity contribution in [1.82, 2.24) is 0 Å². The molecule has 0 saturated heterocycles. The van der Waals surface area contributed by atoms with Gasteiger partial charge in [0.05, 0.1) is 19.0 Å². The van der Waals surface area contributed by atoms with Crippen LogP contribution in [0.1, 0.15) is 47.9 Å². The largest absolute Gasteiger partial charge is 0.494 e. The lowest BCUT2D eigenvalue weighted by molar-refractivity contribution is -0.117. The smallest absolute Gasteiger partial charge is 0.147 e. The molecule has 0 aromatic heterocycles. The Balaban J connectivity index is 1.42. The average Bonchev–Trinajstić information content (AvgIpc) is 3.21. The number of Topliss-reactive ketones (excluding diaryl/α,β-unsaturated/α-hetero) is 1. The number of carbonyl (C=O) groups is 1. The van der Waals surface area contributed by atoms with Crippen LogP contribution in [0.4, 0.5) is 0 Å². The van der Waals surface area contributed by atoms with Crippen LogP contribution >= 0.6 is 0 Å². The van der Waals surface area contributed by atoms with Crippen molar-refractivity contribution < 1.29 is 27.4 Å². The minimum absolute atomic E-state index is 0.119. The summed E-state index contributed by atoms with van der Waals surface area (Å²) in [6.45, 7) is 7.03. The van der Waals surface area contributed by atoms with E-state index >= 15 is 0 Å². The zero-order valence-corrected chi connectivity index (χ0v) is 22.7. The van der Waals surface area contributed by atoms with Crippen LogP contribution in [0.3, 0.4) is 0 Å². The first-order valence-corrected chi connectivity index (χ1v) is 14.5. The SMILES string of the molecule is CC(=O)CC1COc2cc(OCc3cccc(-c4c(C)cc(OCCCS(C)(=O)=O)cc4C)c3)ccc21. The first-order chi connectivity index (χ1) is 17.6. The number of ether oxygens (including phenoxy) is 3. The molecule has 0 N–H and O–H groups in total. The Hall–Kier alpha value is -3.32. The molecule has 37 heavy (non-hydrogen) atoms. The maximum Gasteiger partial charge on any atom is 0.147 e. The third kappa shape index (κ3) is 7.13. The highest BCUT2D eigenvalue weighted by atomic mass is 32.2. The number of rotatable bonds is 11. The monoisotopic (exact) mass is 522 g/mol. The lowest BCUT2D eigenvalue weighted by Crippen LogP contribution is -2.08. The van der Waals surface area contributed by atoms with E-state index in [4.69, 9.17) is 14.2 Å². The number of hydrogen-bond acceptors (Lipinski definition) is 6. The molecule has 3 aromatic carbocycles. The summed E-state index contributed by atoms with van der Waals surface area (Å²) in [6.07, 6.45) is 2.20. The second kappa shape index (κ2) is 11.4. The van der Waals surface area contributed by atoms with E-state index in [-0.39, 0.29) is 17.5 Å². The maximum atomic E-state index is 11.5. The van der Waals surface area contributed by atoms with Gasteiger partial charge >= 0.3 is 0 Å². The van der Waals surface area contributed by atoms with Crippen molar-refractivity contribution in [2.75, 3.05) is 25.2 Å². The summed E-state index contributed by atoms with van der Waals surface area (Å²) in [7, 11) is -2.98. The second-order valence-corrected chi connectivity index (χ2v) is 12.1. The predicted molar refractivity (Wildman–Crippen MR) is 145 cm³/mol. The fourth-order valence-corrected chi connectivity index (χ4v) is 5.46. The molecule has 6 nitrogen and oxygen atoms in total. The summed E-state index contributed by atoms with van der Waals surface area (Å²) < 4.78 is 40.3. The van der Waals surface area contributed by atoms with Gasteiger partial charge in [0.1, 0.15) is 39.5 Å². The van der Waals surface area contributed by atoms with Crippen LogP contribution in [0.15, 0.2) is 54.6 Å². The molecule has 0 bridgehead atoms. The van der Waals surface area contributed by atoms with Crippen LogP contribution in [0, 0.1) is 13.8 Å². The summed E-state index contributed by atoms with van der Waals surface area (Å²) in [6, 6.07) is 18.1. The summed E-state index contributed by atoms with van der Waals surface area (Å²) in [5.74, 6) is 2.68. The summed E-state index contributed by atoms with van der Waals surface area (Å²) in [4.78, 5) is 11.5. The lowest BCUT2D eigenvalue weighted by atomic mass is 9.94. The van der Waals surface area contributed by atoms with Crippen LogP contribution in [-0.2, 0) is 21.2 Å². The number of ketones is 1. The van der Waals surface area contributed by atoms with E-state index in [1.807, 2.05) is 42.5 Å². The molecule has 0 fully saturated rings. The number of hydrogen-bond donors (Lipinski definition) is 0. The molecule has 1 aliphatic rings. The van der Waals surface area contributed by atoms with Gasteiger partial charge in [-0.05, 0) is 79.3 Å². The Kier molecular flexibility index (Phi) is 8.22. The Bertz CT molecular complexity index is 1370. The van der Waals surface area contributed by atoms with Crippen molar-refractivity contribution in [3.8, 4) is 28.4 Å². The number of aryl methyl sites for hydroxylation is 2. The zero-order chi connectivity index (χ0) is 26.6. The maximum absolute atomic E-state index is 11.5. The molecule has 0 amide bonds. The Labute approximate surface area is 219 Å². The Morgan fingerprint density at radius 2 is 1.76 bits per heavy atom. The molecule has 4 rings (SSSR count). The van der Waals surface area contributed by atoms with E-state index in [0.29, 0.717) is 32.7 Å². The number of sulfone groups is 1. The second-order valence-electron chi connectivity index (χ2n) is 9.87. The highest BCUT2D eigenvalue weighted by Gasteiger charge is 2.25. The van der Waals surface area contributed by atoms with Crippen molar-refractivity contribution in [3.63, 3.8) is 0 Å². The van der Waals surface area contributed by atoms with Crippen LogP contribution in [-0.4, -0.2) is 39.4 Å². The minimum Gasteiger partial charge on any atom is -0.494 e. The average molecular weight is 523 g/mol. The van der Waals surface area contributed by atoms with E-state index in [2.05, 4.69) is 26.0 Å². The van der Waals surface area contributed by atoms with Crippen molar-refractivity contribution in [2.24, 2.45) is 0 Å². The van der Waals surface area contributed by atoms with E-state index in [9.17, 15) is 13.2 Å². The molecule has 7 heteroatoms. The Morgan fingerprint density at radius 1 is 1.00 bits per heavy atom. The summed E-state index contributed by atoms with van der Waals surface area (Å²) in [5.41, 5.74) is 6.54. The molecule has 0 spiro atoms. The van der Waals surface area contributed by atoms with Gasteiger partial charge in [0, 0.05) is 30.2 Å². The quantitative estimate of drug-likeness (QED) is 0.295. The van der Waals surface area contributed by atoms with Crippen molar-refractivity contribution in [3.05, 3.63) is 76.9 Å². The van der Waals surface area contributed by atoms with Gasteiger partial charge in [0.2, 0.25) is 0 Å². The van der Waals surface area contributed by atoms with E-state index in [1.54, 1.807) is 6.92 Å². The molecule has 3 aromatic rings. The molecule has 0 saturated carbocycles. The lowest BCUT2D eigenvalue weighted by Gasteiger charge is -2.15. The third-order valence-electron chi connectivity index (χ3n) is 6.45. The van der Waals surface area contributed by atoms with E-state index in [1.165, 1.54) is 6.26 Å². The van der Waals surface area contributed by atoms with Crippen LogP contribution in [0.25, 0.3) is 11.1 Å². The van der Waals surface area contributed by atoms with Crippen molar-refractivity contribution >= 4 is 15.6 Å². The molecule has 1 unspecified atom stereocenters. The molecular formula is C30H34O6S. The first kappa shape index (κ1) is 26.7. The van der Waals surface area contributed by atoms with Gasteiger partial charge in [0.15, 0.2) is 0 Å². The van der Waals surface area contributed by atoms with Crippen LogP contribution < -0.4 is 14.2 Å². The normalized spacial score (nSPS) is 14.6. The number of carbonyl (C=O) groups excluding carboxylic acids is 1. The standard InChI is InChI=1S/C30H34O6S/c1-20-13-27(34-11-6-12-37(4,32)33)14-21(2)30(20)24-8-5-7-23(16-24)18-35-26-9-10-28-25(15-22(3)31)19-36-29(28)17-26/h5,7-10,13-14,16-17,25H,6,11-12,15,18-19H2,1-4H3. The molecular weight excluding hydrogens is 488 g/mol. The fourth-order valence-electron chi connectivity index (χ4n) is 4.82. The van der Waals surface area contributed by atoms with Crippen molar-refractivity contribution in [2.45, 2.75) is 46.1 Å². The molecule has 196 valence electrons. The van der Waals surface area contributed by atoms with Gasteiger partial charge in [-0.3, -0.25) is 0 Å². The fraction of sp³-hybridized carbons (Fsp3) is 0.367. The van der Waals surface area contributed by atoms with Crippen LogP contribution in [0.5, 0.6) is 17.2 Å². The summed E-state index contributed by atoms with van der Waals surface area (Å²) in [5, 5.41) is 0. The first-order valence-electron chi connectivity index (χ1n) is 12.5. The number of fused-ring (bicyclic) bond motifs is 1. The molecule has 0 aliphatic carbocycles. The van der Waals surface area contributed by atoms with E-state index in [0.717, 1.165) is 50.6 Å². The minimum atomic E-state index is -2.98. The van der Waals surface area contributed by atoms with Gasteiger partial charge in [-0.2, -0.15) is 0 Å². The van der Waals surface area contributed by atoms with E-state index < -0.39 is 9.84 Å². The summed E-state index contributed by atoms with van der Waals surface area (Å²) >= 11 is 0. The van der Waals surface area contributed by atoms with Gasteiger partial charge in [-0.15, -0.1) is 0 Å². The molecule has 0 radical (unpaired) electrons. The predicted octanol–water partition coefficient (Wildman–Crippen LogP) is 5.82. The zero-order valence-electron chi connectivity index (χ0n) is 21.9. The Morgan fingerprint density at radius 3 is 2.46 bits per heavy atom. The highest BCUT2D eigenvalue weighted by Crippen LogP contribution is 2.38. The highest BCUT2D eigenvalue weighted by molar-refractivity contribution is 7.90. The van der Waals surface area contributed by atoms with Gasteiger partial charge in [-0.1, -0.05) is 24.3 Å². The van der Waals surface area contributed by atoms with Gasteiger partial charge < -0.3 is 19.0 Å². The molecule has 1 aliphatic heterocycles. The van der Waals surface area contributed by atoms with Crippen molar-refractivity contribution in [1.29, 1.82) is 0 Å². The molecule has 1 atom stereocenters. The van der Waals surface area contributed by atoms with Gasteiger partial charge in [-0.25, -0.2) is 8.42 Å². The van der Waals surface area contributed by atoms with Gasteiger partial charge in [0.25, 0.3) is 0 Å². The van der Waals surface area contributed by atoms with Crippen LogP contribution in [0.2, 0.25) is 0 Å². The topological polar surface area (TPSA) is 78.9 Å². The molecule has 1 heterocycles.